The van der Waals surface area contributed by atoms with Crippen molar-refractivity contribution in [3.63, 3.8) is 0 Å². The summed E-state index contributed by atoms with van der Waals surface area (Å²) in [6.07, 6.45) is 0.901. The third kappa shape index (κ3) is 2.43. The summed E-state index contributed by atoms with van der Waals surface area (Å²) in [5, 5.41) is 0. The van der Waals surface area contributed by atoms with Gasteiger partial charge in [-0.25, -0.2) is 8.42 Å². The van der Waals surface area contributed by atoms with Crippen molar-refractivity contribution in [3.8, 4) is 0 Å². The van der Waals surface area contributed by atoms with E-state index in [0.29, 0.717) is 24.0 Å². The Balaban J connectivity index is 2.26. The molecular formula is C13H20N2O2S. The Labute approximate surface area is 109 Å². The van der Waals surface area contributed by atoms with Crippen LogP contribution in [0.1, 0.15) is 12.0 Å². The van der Waals surface area contributed by atoms with Crippen molar-refractivity contribution >= 4 is 10.0 Å². The lowest BCUT2D eigenvalue weighted by atomic mass is 10.2. The molecule has 1 aromatic rings. The Morgan fingerprint density at radius 2 is 1.94 bits per heavy atom. The topological polar surface area (TPSA) is 40.6 Å². The lowest BCUT2D eigenvalue weighted by Crippen LogP contribution is -2.34. The normalized spacial score (nSPS) is 21.7. The van der Waals surface area contributed by atoms with E-state index in [2.05, 4.69) is 4.90 Å². The van der Waals surface area contributed by atoms with E-state index in [1.807, 2.05) is 33.2 Å². The Bertz CT molecular complexity index is 526. The quantitative estimate of drug-likeness (QED) is 0.830. The Kier molecular flexibility index (Phi) is 3.75. The van der Waals surface area contributed by atoms with Gasteiger partial charge < -0.3 is 4.90 Å². The molecular weight excluding hydrogens is 248 g/mol. The van der Waals surface area contributed by atoms with E-state index in [-0.39, 0.29) is 0 Å². The second kappa shape index (κ2) is 4.99. The van der Waals surface area contributed by atoms with Crippen LogP contribution in [0, 0.1) is 6.92 Å². The summed E-state index contributed by atoms with van der Waals surface area (Å²) in [5.74, 6) is 0. The highest BCUT2D eigenvalue weighted by atomic mass is 32.2. The molecule has 0 aromatic heterocycles. The zero-order chi connectivity index (χ0) is 13.3. The fraction of sp³-hybridized carbons (Fsp3) is 0.538. The van der Waals surface area contributed by atoms with Crippen LogP contribution in [0.2, 0.25) is 0 Å². The van der Waals surface area contributed by atoms with Crippen LogP contribution in [0.5, 0.6) is 0 Å². The maximum Gasteiger partial charge on any atom is 0.243 e. The van der Waals surface area contributed by atoms with Crippen molar-refractivity contribution in [2.24, 2.45) is 0 Å². The van der Waals surface area contributed by atoms with Gasteiger partial charge >= 0.3 is 0 Å². The molecule has 5 heteroatoms. The smallest absolute Gasteiger partial charge is 0.243 e. The van der Waals surface area contributed by atoms with Gasteiger partial charge in [0.05, 0.1) is 4.90 Å². The third-order valence-electron chi connectivity index (χ3n) is 3.57. The number of nitrogens with zero attached hydrogens (tertiary/aromatic N) is 2. The summed E-state index contributed by atoms with van der Waals surface area (Å²) in [6, 6.07) is 7.49. The van der Waals surface area contributed by atoms with Gasteiger partial charge in [-0.1, -0.05) is 18.2 Å². The largest absolute Gasteiger partial charge is 0.305 e. The molecule has 1 saturated heterocycles. The highest BCUT2D eigenvalue weighted by molar-refractivity contribution is 7.89. The number of sulfonamides is 1. The molecule has 0 amide bonds. The average molecular weight is 268 g/mol. The van der Waals surface area contributed by atoms with Gasteiger partial charge in [0.2, 0.25) is 10.0 Å². The molecule has 1 aliphatic heterocycles. The van der Waals surface area contributed by atoms with Crippen molar-refractivity contribution < 1.29 is 8.42 Å². The SMILES string of the molecule is Cc1ccccc1S(=O)(=O)N1CCC(N(C)C)C1. The Hall–Kier alpha value is -0.910. The first kappa shape index (κ1) is 13.5. The molecule has 2 rings (SSSR count). The zero-order valence-electron chi connectivity index (χ0n) is 11.1. The van der Waals surface area contributed by atoms with Crippen molar-refractivity contribution in [1.29, 1.82) is 0 Å². The summed E-state index contributed by atoms with van der Waals surface area (Å²) in [4.78, 5) is 2.53. The summed E-state index contributed by atoms with van der Waals surface area (Å²) >= 11 is 0. The Morgan fingerprint density at radius 3 is 2.50 bits per heavy atom. The molecule has 1 heterocycles. The van der Waals surface area contributed by atoms with Gasteiger partial charge in [0.1, 0.15) is 0 Å². The number of hydrogen-bond donors (Lipinski definition) is 0. The maximum atomic E-state index is 12.5. The van der Waals surface area contributed by atoms with Gasteiger partial charge in [-0.05, 0) is 39.1 Å². The van der Waals surface area contributed by atoms with Crippen LogP contribution < -0.4 is 0 Å². The molecule has 0 spiro atoms. The van der Waals surface area contributed by atoms with Gasteiger partial charge in [0.25, 0.3) is 0 Å². The van der Waals surface area contributed by atoms with E-state index in [9.17, 15) is 8.42 Å². The van der Waals surface area contributed by atoms with Crippen LogP contribution >= 0.6 is 0 Å². The highest BCUT2D eigenvalue weighted by Gasteiger charge is 2.33. The van der Waals surface area contributed by atoms with Crippen molar-refractivity contribution in [1.82, 2.24) is 9.21 Å². The molecule has 0 radical (unpaired) electrons. The second-order valence-corrected chi connectivity index (χ2v) is 6.94. The van der Waals surface area contributed by atoms with E-state index in [4.69, 9.17) is 0 Å². The van der Waals surface area contributed by atoms with Crippen molar-refractivity contribution in [3.05, 3.63) is 29.8 Å². The first-order valence-corrected chi connectivity index (χ1v) is 7.59. The minimum absolute atomic E-state index is 0.323. The lowest BCUT2D eigenvalue weighted by Gasteiger charge is -2.20. The average Bonchev–Trinajstić information content (AvgIpc) is 2.79. The summed E-state index contributed by atoms with van der Waals surface area (Å²) < 4.78 is 26.7. The molecule has 1 fully saturated rings. The minimum atomic E-state index is -3.33. The molecule has 1 unspecified atom stereocenters. The first-order chi connectivity index (χ1) is 8.43. The van der Waals surface area contributed by atoms with E-state index in [0.717, 1.165) is 12.0 Å². The lowest BCUT2D eigenvalue weighted by molar-refractivity contribution is 0.302. The standard InChI is InChI=1S/C13H20N2O2S/c1-11-6-4-5-7-13(11)18(16,17)15-9-8-12(10-15)14(2)3/h4-7,12H,8-10H2,1-3H3. The molecule has 1 aliphatic rings. The molecule has 1 atom stereocenters. The molecule has 4 nitrogen and oxygen atoms in total. The van der Waals surface area contributed by atoms with Crippen LogP contribution in [0.4, 0.5) is 0 Å². The van der Waals surface area contributed by atoms with E-state index in [1.165, 1.54) is 0 Å². The molecule has 0 aliphatic carbocycles. The molecule has 0 saturated carbocycles. The van der Waals surface area contributed by atoms with Crippen LogP contribution in [0.25, 0.3) is 0 Å². The predicted molar refractivity (Wildman–Crippen MR) is 72.0 cm³/mol. The fourth-order valence-corrected chi connectivity index (χ4v) is 4.05. The van der Waals surface area contributed by atoms with Gasteiger partial charge in [-0.15, -0.1) is 0 Å². The monoisotopic (exact) mass is 268 g/mol. The predicted octanol–water partition coefficient (Wildman–Crippen LogP) is 1.32. The molecule has 1 aromatic carbocycles. The Morgan fingerprint density at radius 1 is 1.28 bits per heavy atom. The summed E-state index contributed by atoms with van der Waals surface area (Å²) in [7, 11) is 0.660. The molecule has 0 bridgehead atoms. The third-order valence-corrected chi connectivity index (χ3v) is 5.59. The van der Waals surface area contributed by atoms with Crippen molar-refractivity contribution in [2.45, 2.75) is 24.3 Å². The zero-order valence-corrected chi connectivity index (χ0v) is 11.9. The van der Waals surface area contributed by atoms with E-state index >= 15 is 0 Å². The van der Waals surface area contributed by atoms with E-state index in [1.54, 1.807) is 16.4 Å². The molecule has 18 heavy (non-hydrogen) atoms. The number of likely N-dealkylation sites (N-methyl/N-ethyl adjacent to an activating group) is 1. The van der Waals surface area contributed by atoms with Crippen LogP contribution in [-0.4, -0.2) is 50.8 Å². The highest BCUT2D eigenvalue weighted by Crippen LogP contribution is 2.24. The number of rotatable bonds is 3. The number of benzene rings is 1. The minimum Gasteiger partial charge on any atom is -0.305 e. The maximum absolute atomic E-state index is 12.5. The number of hydrogen-bond acceptors (Lipinski definition) is 3. The van der Waals surface area contributed by atoms with Crippen LogP contribution in [0.3, 0.4) is 0 Å². The van der Waals surface area contributed by atoms with Gasteiger partial charge in [-0.3, -0.25) is 0 Å². The number of aryl methyl sites for hydroxylation is 1. The van der Waals surface area contributed by atoms with Gasteiger partial charge in [0.15, 0.2) is 0 Å². The first-order valence-electron chi connectivity index (χ1n) is 6.15. The van der Waals surface area contributed by atoms with Crippen LogP contribution in [0.15, 0.2) is 29.2 Å². The van der Waals surface area contributed by atoms with Gasteiger partial charge in [-0.2, -0.15) is 4.31 Å². The van der Waals surface area contributed by atoms with Crippen molar-refractivity contribution in [2.75, 3.05) is 27.2 Å². The second-order valence-electron chi connectivity index (χ2n) is 5.03. The van der Waals surface area contributed by atoms with Crippen LogP contribution in [-0.2, 0) is 10.0 Å². The fourth-order valence-electron chi connectivity index (χ4n) is 2.34. The summed E-state index contributed by atoms with van der Waals surface area (Å²) in [6.45, 7) is 3.04. The molecule has 100 valence electrons. The van der Waals surface area contributed by atoms with E-state index < -0.39 is 10.0 Å². The summed E-state index contributed by atoms with van der Waals surface area (Å²) in [5.41, 5.74) is 0.811. The van der Waals surface area contributed by atoms with Gasteiger partial charge in [0, 0.05) is 19.1 Å². The molecule has 0 N–H and O–H groups in total.